The van der Waals surface area contributed by atoms with Crippen molar-refractivity contribution in [2.24, 2.45) is 0 Å². The largest absolute Gasteiger partial charge is 0.472 e. The van der Waals surface area contributed by atoms with Crippen molar-refractivity contribution in [2.45, 2.75) is 140 Å². The van der Waals surface area contributed by atoms with Crippen LogP contribution in [0.25, 0.3) is 0 Å². The number of carbonyl (C=O) groups excluding carboxylic acids is 2. The van der Waals surface area contributed by atoms with Gasteiger partial charge in [0.05, 0.1) is 6.61 Å². The van der Waals surface area contributed by atoms with E-state index in [0.717, 1.165) is 32.1 Å². The summed E-state index contributed by atoms with van der Waals surface area (Å²) >= 11 is 0. The molecule has 18 heteroatoms. The summed E-state index contributed by atoms with van der Waals surface area (Å²) in [5.41, 5.74) is 0. The molecule has 0 saturated heterocycles. The molecule has 0 aromatic rings. The molecule has 4 unspecified atom stereocenters. The minimum absolute atomic E-state index is 0.0226. The van der Waals surface area contributed by atoms with Crippen LogP contribution in [0.4, 0.5) is 0 Å². The van der Waals surface area contributed by atoms with Crippen molar-refractivity contribution in [3.8, 4) is 47.9 Å². The van der Waals surface area contributed by atoms with Crippen LogP contribution in [-0.4, -0.2) is 103 Å². The molecule has 52 heavy (non-hydrogen) atoms. The first-order valence-corrected chi connectivity index (χ1v) is 20.1. The molecule has 1 fully saturated rings. The fraction of sp³-hybridized carbons (Fsp3) is 0.706. The monoisotopic (exact) mass is 776 g/mol. The molecule has 0 spiro atoms. The lowest BCUT2D eigenvalue weighted by atomic mass is 9.85. The number of hydrogen-bond acceptors (Lipinski definition) is 13. The first-order valence-electron chi connectivity index (χ1n) is 17.1. The zero-order valence-electron chi connectivity index (χ0n) is 29.1. The van der Waals surface area contributed by atoms with Crippen LogP contribution >= 0.6 is 15.6 Å². The van der Waals surface area contributed by atoms with Crippen LogP contribution in [0.1, 0.15) is 96.8 Å². The summed E-state index contributed by atoms with van der Waals surface area (Å²) in [7, 11) is -10.7. The quantitative estimate of drug-likeness (QED) is 0.0243. The highest BCUT2D eigenvalue weighted by molar-refractivity contribution is 7.47. The number of rotatable bonds is 24. The molecule has 292 valence electrons. The number of phosphoric ester groups is 2. The number of aliphatic hydroxyl groups excluding tert-OH is 4. The van der Waals surface area contributed by atoms with Gasteiger partial charge in [0.2, 0.25) is 0 Å². The van der Waals surface area contributed by atoms with E-state index in [0.29, 0.717) is 6.42 Å². The Morgan fingerprint density at radius 3 is 1.71 bits per heavy atom. The number of hydrogen-bond donors (Lipinski definition) is 7. The average Bonchev–Trinajstić information content (AvgIpc) is 3.08. The lowest BCUT2D eigenvalue weighted by molar-refractivity contribution is -0.216. The Labute approximate surface area is 304 Å². The summed E-state index contributed by atoms with van der Waals surface area (Å²) in [5, 5.41) is 40.8. The fourth-order valence-electron chi connectivity index (χ4n) is 5.02. The van der Waals surface area contributed by atoms with Crippen LogP contribution < -0.4 is 0 Å². The van der Waals surface area contributed by atoms with E-state index < -0.39 is 83.5 Å². The molecule has 0 aliphatic heterocycles. The third-order valence-electron chi connectivity index (χ3n) is 7.65. The molecule has 0 amide bonds. The first-order chi connectivity index (χ1) is 24.6. The van der Waals surface area contributed by atoms with Gasteiger partial charge in [-0.05, 0) is 41.9 Å². The van der Waals surface area contributed by atoms with Gasteiger partial charge in [0.1, 0.15) is 43.2 Å². The standard InChI is InChI=1S/C34H50O16P2/c1-3-5-7-9-11-12-13-14-15-16-17-19-21-23-28(36)48-26(24-46-27(35)22-20-18-10-8-6-4-2)25-47-52(44,45)50-34-31(39)29(37)30(38)33(32(34)40)49-51(41,42)43/h2,26,29-34,37-40H,3,5,7,9,11-17,19,21,23-25H2,1H3,(H,44,45)(H2,41,42,43)/t26-,29-,30?,31-,32?,33+,34?/m1/s1. The van der Waals surface area contributed by atoms with Crippen molar-refractivity contribution in [2.75, 3.05) is 13.2 Å². The highest BCUT2D eigenvalue weighted by atomic mass is 31.2. The van der Waals surface area contributed by atoms with Gasteiger partial charge in [0, 0.05) is 12.3 Å². The molecule has 0 radical (unpaired) electrons. The summed E-state index contributed by atoms with van der Waals surface area (Å²) < 4.78 is 48.2. The van der Waals surface area contributed by atoms with E-state index in [-0.39, 0.29) is 6.42 Å². The average molecular weight is 777 g/mol. The maximum Gasteiger partial charge on any atom is 0.472 e. The first kappa shape index (κ1) is 47.3. The maximum absolute atomic E-state index is 12.8. The minimum atomic E-state index is -5.38. The molecular formula is C34H50O16P2. The zero-order chi connectivity index (χ0) is 39.0. The molecule has 1 rings (SSSR count). The Morgan fingerprint density at radius 2 is 1.17 bits per heavy atom. The van der Waals surface area contributed by atoms with E-state index in [1.807, 2.05) is 11.8 Å². The van der Waals surface area contributed by atoms with Crippen molar-refractivity contribution in [3.63, 3.8) is 0 Å². The second-order valence-electron chi connectivity index (χ2n) is 12.0. The van der Waals surface area contributed by atoms with Crippen LogP contribution in [0.15, 0.2) is 0 Å². The van der Waals surface area contributed by atoms with Gasteiger partial charge in [-0.2, -0.15) is 0 Å². The molecule has 8 atom stereocenters. The van der Waals surface area contributed by atoms with Crippen LogP contribution in [0.3, 0.4) is 0 Å². The topological polar surface area (TPSA) is 256 Å². The van der Waals surface area contributed by atoms with Gasteiger partial charge < -0.3 is 44.6 Å². The Morgan fingerprint density at radius 1 is 0.673 bits per heavy atom. The molecular weight excluding hydrogens is 726 g/mol. The molecule has 1 aliphatic rings. The SMILES string of the molecule is C#CC#CC#CC#CC(=O)OC[C@H](COP(=O)(O)OC1C(O)[C@@H](OP(=O)(O)O)C(O)[C@@H](O)[C@H]1O)OC(=O)CCCCCCCCCCCCCCC. The number of ether oxygens (including phenoxy) is 2. The van der Waals surface area contributed by atoms with Crippen LogP contribution in [0.2, 0.25) is 0 Å². The lowest BCUT2D eigenvalue weighted by Crippen LogP contribution is -2.64. The number of terminal acetylenes is 1. The summed E-state index contributed by atoms with van der Waals surface area (Å²) in [6.07, 6.45) is 4.03. The lowest BCUT2D eigenvalue weighted by Gasteiger charge is -2.43. The zero-order valence-corrected chi connectivity index (χ0v) is 30.9. The summed E-state index contributed by atoms with van der Waals surface area (Å²) in [5.74, 6) is 13.4. The summed E-state index contributed by atoms with van der Waals surface area (Å²) in [6, 6.07) is 0. The fourth-order valence-corrected chi connectivity index (χ4v) is 6.56. The highest BCUT2D eigenvalue weighted by Crippen LogP contribution is 2.49. The molecule has 0 heterocycles. The van der Waals surface area contributed by atoms with E-state index in [1.165, 1.54) is 44.9 Å². The molecule has 1 aliphatic carbocycles. The van der Waals surface area contributed by atoms with Gasteiger partial charge in [0.25, 0.3) is 0 Å². The number of aliphatic hydroxyl groups is 4. The van der Waals surface area contributed by atoms with Crippen molar-refractivity contribution in [1.82, 2.24) is 0 Å². The van der Waals surface area contributed by atoms with Gasteiger partial charge >= 0.3 is 27.6 Å². The summed E-state index contributed by atoms with van der Waals surface area (Å²) in [6.45, 7) is 0.549. The smallest absolute Gasteiger partial charge is 0.456 e. The Bertz CT molecular complexity index is 1420. The van der Waals surface area contributed by atoms with Crippen molar-refractivity contribution >= 4 is 27.6 Å². The van der Waals surface area contributed by atoms with E-state index in [4.69, 9.17) is 34.7 Å². The van der Waals surface area contributed by atoms with Gasteiger partial charge in [-0.25, -0.2) is 13.9 Å². The van der Waals surface area contributed by atoms with E-state index in [2.05, 4.69) is 41.0 Å². The van der Waals surface area contributed by atoms with Gasteiger partial charge in [-0.15, -0.1) is 6.42 Å². The van der Waals surface area contributed by atoms with E-state index in [9.17, 15) is 44.0 Å². The molecule has 0 aromatic carbocycles. The summed E-state index contributed by atoms with van der Waals surface area (Å²) in [4.78, 5) is 53.1. The van der Waals surface area contributed by atoms with Crippen LogP contribution in [0.5, 0.6) is 0 Å². The number of esters is 2. The molecule has 1 saturated carbocycles. The maximum atomic E-state index is 12.8. The predicted octanol–water partition coefficient (Wildman–Crippen LogP) is 2.00. The Balaban J connectivity index is 2.76. The molecule has 0 bridgehead atoms. The van der Waals surface area contributed by atoms with Crippen LogP contribution in [0, 0.1) is 47.9 Å². The molecule has 0 aromatic heterocycles. The Kier molecular flexibility index (Phi) is 23.7. The normalized spacial score (nSPS) is 22.8. The van der Waals surface area contributed by atoms with Gasteiger partial charge in [-0.1, -0.05) is 84.0 Å². The van der Waals surface area contributed by atoms with Crippen molar-refractivity contribution in [3.05, 3.63) is 0 Å². The second kappa shape index (κ2) is 26.1. The highest BCUT2D eigenvalue weighted by Gasteiger charge is 2.54. The molecule has 16 nitrogen and oxygen atoms in total. The number of unbranched alkanes of at least 4 members (excludes halogenated alkanes) is 12. The van der Waals surface area contributed by atoms with E-state index in [1.54, 1.807) is 0 Å². The van der Waals surface area contributed by atoms with Crippen molar-refractivity contribution < 1.29 is 76.9 Å². The number of carbonyl (C=O) groups is 2. The van der Waals surface area contributed by atoms with Crippen molar-refractivity contribution in [1.29, 1.82) is 0 Å². The number of phosphoric acid groups is 2. The molecule has 7 N–H and O–H groups in total. The van der Waals surface area contributed by atoms with Crippen LogP contribution in [-0.2, 0) is 41.8 Å². The predicted molar refractivity (Wildman–Crippen MR) is 185 cm³/mol. The third kappa shape index (κ3) is 21.1. The van der Waals surface area contributed by atoms with Gasteiger partial charge in [-0.3, -0.25) is 18.4 Å². The van der Waals surface area contributed by atoms with E-state index >= 15 is 0 Å². The van der Waals surface area contributed by atoms with Gasteiger partial charge in [0.15, 0.2) is 6.10 Å². The third-order valence-corrected chi connectivity index (χ3v) is 9.16. The second-order valence-corrected chi connectivity index (χ2v) is 14.6. The minimum Gasteiger partial charge on any atom is -0.456 e. The Hall–Kier alpha value is -2.76.